The summed E-state index contributed by atoms with van der Waals surface area (Å²) in [5, 5.41) is 9.28. The Morgan fingerprint density at radius 2 is 2.25 bits per heavy atom. The molecule has 0 saturated heterocycles. The number of nitrogens with zero attached hydrogens (tertiary/aromatic N) is 1. The predicted molar refractivity (Wildman–Crippen MR) is 58.3 cm³/mol. The van der Waals surface area contributed by atoms with E-state index in [1.165, 1.54) is 0 Å². The van der Waals surface area contributed by atoms with Gasteiger partial charge in [-0.2, -0.15) is 0 Å². The molecule has 3 nitrogen and oxygen atoms in total. The fourth-order valence-corrected chi connectivity index (χ4v) is 1.03. The Kier molecular flexibility index (Phi) is 8.20. The van der Waals surface area contributed by atoms with Crippen molar-refractivity contribution in [2.75, 3.05) is 24.6 Å². The molecule has 0 fully saturated rings. The summed E-state index contributed by atoms with van der Waals surface area (Å²) in [5.41, 5.74) is 0. The van der Waals surface area contributed by atoms with Gasteiger partial charge in [-0.05, 0) is 14.0 Å². The van der Waals surface area contributed by atoms with Crippen LogP contribution in [-0.2, 0) is 4.74 Å². The Labute approximate surface area is 87.5 Å². The Bertz CT molecular complexity index is 130. The highest BCUT2D eigenvalue weighted by atomic mass is 127. The van der Waals surface area contributed by atoms with Gasteiger partial charge in [0.2, 0.25) is 6.41 Å². The molecule has 12 heavy (non-hydrogen) atoms. The average Bonchev–Trinajstić information content (AvgIpc) is 2.05. The number of likely N-dealkylation sites (N-methyl/N-ethyl adjacent to an activating group) is 1. The van der Waals surface area contributed by atoms with Crippen LogP contribution in [0.15, 0.2) is 12.2 Å². The van der Waals surface area contributed by atoms with E-state index in [9.17, 15) is 5.11 Å². The van der Waals surface area contributed by atoms with Gasteiger partial charge in [-0.1, -0.05) is 34.7 Å². The number of halogens is 1. The van der Waals surface area contributed by atoms with Crippen molar-refractivity contribution in [1.29, 1.82) is 0 Å². The van der Waals surface area contributed by atoms with E-state index in [0.717, 1.165) is 4.43 Å². The summed E-state index contributed by atoms with van der Waals surface area (Å²) in [5.74, 6) is 0. The van der Waals surface area contributed by atoms with E-state index in [2.05, 4.69) is 28.7 Å². The van der Waals surface area contributed by atoms with Crippen LogP contribution in [0.4, 0.5) is 0 Å². The third-order valence-corrected chi connectivity index (χ3v) is 1.85. The number of alkyl halides is 1. The second-order valence-electron chi connectivity index (χ2n) is 2.35. The topological polar surface area (TPSA) is 32.7 Å². The molecule has 0 heterocycles. The molecule has 4 heteroatoms. The minimum absolute atomic E-state index is 0.529. The van der Waals surface area contributed by atoms with Gasteiger partial charge in [0.1, 0.15) is 0 Å². The number of hydrogen-bond acceptors (Lipinski definition) is 3. The molecule has 0 bridgehead atoms. The number of rotatable bonds is 6. The van der Waals surface area contributed by atoms with Gasteiger partial charge >= 0.3 is 0 Å². The highest BCUT2D eigenvalue weighted by Crippen LogP contribution is 1.94. The minimum atomic E-state index is -0.783. The Balaban J connectivity index is 3.55. The van der Waals surface area contributed by atoms with Crippen molar-refractivity contribution in [2.24, 2.45) is 0 Å². The fourth-order valence-electron chi connectivity index (χ4n) is 0.670. The highest BCUT2D eigenvalue weighted by Gasteiger charge is 2.07. The molecule has 1 atom stereocenters. The summed E-state index contributed by atoms with van der Waals surface area (Å²) in [7, 11) is 1.82. The van der Waals surface area contributed by atoms with Crippen LogP contribution >= 0.6 is 22.6 Å². The quantitative estimate of drug-likeness (QED) is 0.345. The molecule has 72 valence electrons. The van der Waals surface area contributed by atoms with Crippen LogP contribution in [0.1, 0.15) is 6.92 Å². The van der Waals surface area contributed by atoms with Gasteiger partial charge in [-0.25, -0.2) is 0 Å². The third-order valence-electron chi connectivity index (χ3n) is 1.34. The zero-order valence-corrected chi connectivity index (χ0v) is 9.69. The molecule has 0 amide bonds. The lowest BCUT2D eigenvalue weighted by atomic mass is 10.5. The Morgan fingerprint density at radius 1 is 1.58 bits per heavy atom. The van der Waals surface area contributed by atoms with Crippen molar-refractivity contribution in [2.45, 2.75) is 13.3 Å². The SMILES string of the molecule is CCOC(O)N(C)C/C=C/CI. The van der Waals surface area contributed by atoms with Crippen molar-refractivity contribution in [3.8, 4) is 0 Å². The van der Waals surface area contributed by atoms with Gasteiger partial charge in [0.05, 0.1) is 0 Å². The first-order valence-corrected chi connectivity index (χ1v) is 5.45. The van der Waals surface area contributed by atoms with Crippen molar-refractivity contribution >= 4 is 22.6 Å². The molecule has 0 rings (SSSR count). The molecule has 0 saturated carbocycles. The van der Waals surface area contributed by atoms with Crippen molar-refractivity contribution in [1.82, 2.24) is 4.90 Å². The summed E-state index contributed by atoms with van der Waals surface area (Å²) >= 11 is 2.27. The first-order chi connectivity index (χ1) is 5.72. The third kappa shape index (κ3) is 5.93. The van der Waals surface area contributed by atoms with Gasteiger partial charge in [0.25, 0.3) is 0 Å². The van der Waals surface area contributed by atoms with Crippen molar-refractivity contribution in [3.05, 3.63) is 12.2 Å². The normalized spacial score (nSPS) is 14.4. The Morgan fingerprint density at radius 3 is 2.75 bits per heavy atom. The standard InChI is InChI=1S/C8H16INO2/c1-3-12-8(11)10(2)7-5-4-6-9/h4-5,8,11H,3,6-7H2,1-2H3/b5-4+. The number of aliphatic hydroxyl groups is 1. The van der Waals surface area contributed by atoms with Crippen LogP contribution in [-0.4, -0.2) is 41.0 Å². The molecule has 0 aromatic carbocycles. The average molecular weight is 285 g/mol. The van der Waals surface area contributed by atoms with Crippen LogP contribution in [0.2, 0.25) is 0 Å². The second kappa shape index (κ2) is 7.97. The summed E-state index contributed by atoms with van der Waals surface area (Å²) in [6, 6.07) is 0. The maximum atomic E-state index is 9.28. The van der Waals surface area contributed by atoms with Crippen LogP contribution in [0.5, 0.6) is 0 Å². The molecule has 0 aliphatic carbocycles. The summed E-state index contributed by atoms with van der Waals surface area (Å²) in [4.78, 5) is 1.73. The minimum Gasteiger partial charge on any atom is -0.356 e. The number of hydrogen-bond donors (Lipinski definition) is 1. The molecule has 0 aromatic heterocycles. The lowest BCUT2D eigenvalue weighted by molar-refractivity contribution is -0.178. The zero-order chi connectivity index (χ0) is 9.40. The molecule has 0 aliphatic rings. The zero-order valence-electron chi connectivity index (χ0n) is 7.53. The lowest BCUT2D eigenvalue weighted by Gasteiger charge is -2.20. The molecule has 0 spiro atoms. The van der Waals surface area contributed by atoms with E-state index in [-0.39, 0.29) is 0 Å². The highest BCUT2D eigenvalue weighted by molar-refractivity contribution is 14.1. The van der Waals surface area contributed by atoms with Crippen LogP contribution in [0.25, 0.3) is 0 Å². The number of allylic oxidation sites excluding steroid dienone is 1. The summed E-state index contributed by atoms with van der Waals surface area (Å²) in [6.07, 6.45) is 3.28. The first kappa shape index (κ1) is 12.3. The van der Waals surface area contributed by atoms with E-state index in [1.54, 1.807) is 4.90 Å². The summed E-state index contributed by atoms with van der Waals surface area (Å²) < 4.78 is 5.98. The molecular weight excluding hydrogens is 269 g/mol. The second-order valence-corrected chi connectivity index (χ2v) is 3.23. The van der Waals surface area contributed by atoms with Crippen LogP contribution < -0.4 is 0 Å². The van der Waals surface area contributed by atoms with Crippen LogP contribution in [0.3, 0.4) is 0 Å². The molecule has 0 radical (unpaired) electrons. The fraction of sp³-hybridized carbons (Fsp3) is 0.750. The van der Waals surface area contributed by atoms with Gasteiger partial charge in [-0.15, -0.1) is 0 Å². The Hall–Kier alpha value is 0.350. The predicted octanol–water partition coefficient (Wildman–Crippen LogP) is 1.22. The van der Waals surface area contributed by atoms with Crippen molar-refractivity contribution < 1.29 is 9.84 Å². The maximum absolute atomic E-state index is 9.28. The smallest absolute Gasteiger partial charge is 0.216 e. The molecule has 0 aromatic rings. The maximum Gasteiger partial charge on any atom is 0.216 e. The molecule has 1 unspecified atom stereocenters. The molecule has 0 aliphatic heterocycles. The van der Waals surface area contributed by atoms with E-state index in [4.69, 9.17) is 4.74 Å². The molecular formula is C8H16INO2. The van der Waals surface area contributed by atoms with E-state index in [1.807, 2.05) is 20.0 Å². The lowest BCUT2D eigenvalue weighted by Crippen LogP contribution is -2.33. The number of aliphatic hydroxyl groups excluding tert-OH is 1. The summed E-state index contributed by atoms with van der Waals surface area (Å²) in [6.45, 7) is 3.10. The van der Waals surface area contributed by atoms with Gasteiger partial charge in [0.15, 0.2) is 0 Å². The number of ether oxygens (including phenoxy) is 1. The van der Waals surface area contributed by atoms with Gasteiger partial charge < -0.3 is 9.84 Å². The van der Waals surface area contributed by atoms with Crippen molar-refractivity contribution in [3.63, 3.8) is 0 Å². The van der Waals surface area contributed by atoms with E-state index in [0.29, 0.717) is 13.2 Å². The first-order valence-electron chi connectivity index (χ1n) is 3.93. The van der Waals surface area contributed by atoms with E-state index >= 15 is 0 Å². The van der Waals surface area contributed by atoms with Gasteiger partial charge in [0, 0.05) is 17.6 Å². The largest absolute Gasteiger partial charge is 0.356 e. The monoisotopic (exact) mass is 285 g/mol. The van der Waals surface area contributed by atoms with E-state index < -0.39 is 6.41 Å². The van der Waals surface area contributed by atoms with Gasteiger partial charge in [-0.3, -0.25) is 4.90 Å². The molecule has 1 N–H and O–H groups in total. The van der Waals surface area contributed by atoms with Crippen LogP contribution in [0, 0.1) is 0 Å².